The number of aryl methyl sites for hydroxylation is 1. The number of pyridine rings is 1. The van der Waals surface area contributed by atoms with Crippen LogP contribution in [0.1, 0.15) is 38.2 Å². The normalized spacial score (nSPS) is 11.8. The van der Waals surface area contributed by atoms with Crippen LogP contribution in [-0.2, 0) is 9.59 Å². The maximum absolute atomic E-state index is 12.4. The number of nitrogens with zero attached hydrogens (tertiary/aromatic N) is 4. The molecule has 0 spiro atoms. The number of amides is 2. The van der Waals surface area contributed by atoms with Crippen molar-refractivity contribution in [3.05, 3.63) is 34.4 Å². The lowest BCUT2D eigenvalue weighted by molar-refractivity contribution is -0.154. The highest BCUT2D eigenvalue weighted by atomic mass is 16.5. The van der Waals surface area contributed by atoms with Gasteiger partial charge in [0.25, 0.3) is 0 Å². The number of unbranched alkanes of at least 4 members (excludes halogenated alkanes) is 2. The van der Waals surface area contributed by atoms with Crippen LogP contribution in [0.4, 0.5) is 5.95 Å². The van der Waals surface area contributed by atoms with Gasteiger partial charge in [0.05, 0.1) is 12.5 Å². The summed E-state index contributed by atoms with van der Waals surface area (Å²) in [5.41, 5.74) is 5.68. The van der Waals surface area contributed by atoms with Gasteiger partial charge in [-0.1, -0.05) is 32.3 Å². The topological polar surface area (TPSA) is 129 Å². The fraction of sp³-hybridized carbons (Fsp3) is 0.471. The second-order valence-corrected chi connectivity index (χ2v) is 6.25. The van der Waals surface area contributed by atoms with Gasteiger partial charge in [-0.05, 0) is 25.0 Å². The number of aromatic nitrogens is 3. The number of hydrazine groups is 1. The molecule has 10 heteroatoms. The van der Waals surface area contributed by atoms with Gasteiger partial charge in [-0.3, -0.25) is 30.0 Å². The van der Waals surface area contributed by atoms with Gasteiger partial charge < -0.3 is 0 Å². The molecule has 0 aliphatic heterocycles. The number of anilines is 1. The van der Waals surface area contributed by atoms with E-state index in [2.05, 4.69) is 20.8 Å². The monoisotopic (exact) mass is 376 g/mol. The Hall–Kier alpha value is -3.01. The van der Waals surface area contributed by atoms with Crippen molar-refractivity contribution in [2.45, 2.75) is 39.5 Å². The molecule has 0 bridgehead atoms. The number of carbonyl (C=O) groups excluding carboxylic acids is 2. The molecule has 0 aromatic carbocycles. The van der Waals surface area contributed by atoms with E-state index < -0.39 is 17.5 Å². The molecule has 0 aliphatic rings. The van der Waals surface area contributed by atoms with Crippen LogP contribution >= 0.6 is 0 Å². The zero-order chi connectivity index (χ0) is 19.8. The molecule has 2 rings (SSSR count). The van der Waals surface area contributed by atoms with E-state index >= 15 is 0 Å². The third-order valence-corrected chi connectivity index (χ3v) is 4.14. The summed E-state index contributed by atoms with van der Waals surface area (Å²) in [5, 5.41) is 9.84. The number of fused-ring (bicyclic) bond motifs is 1. The predicted octanol–water partition coefficient (Wildman–Crippen LogP) is 0.885. The van der Waals surface area contributed by atoms with Crippen molar-refractivity contribution in [1.29, 1.82) is 0 Å². The number of carbonyl (C=O) groups is 2. The lowest BCUT2D eigenvalue weighted by Crippen LogP contribution is -2.41. The maximum Gasteiger partial charge on any atom is 0.356 e. The highest BCUT2D eigenvalue weighted by Crippen LogP contribution is 2.12. The average molecular weight is 376 g/mol. The Morgan fingerprint density at radius 1 is 1.41 bits per heavy atom. The first-order chi connectivity index (χ1) is 13.0. The maximum atomic E-state index is 12.4. The van der Waals surface area contributed by atoms with E-state index in [-0.39, 0.29) is 18.9 Å². The molecule has 27 heavy (non-hydrogen) atoms. The number of hydrogen-bond donors (Lipinski definition) is 3. The third kappa shape index (κ3) is 5.48. The van der Waals surface area contributed by atoms with Crippen molar-refractivity contribution in [2.24, 2.45) is 5.92 Å². The summed E-state index contributed by atoms with van der Waals surface area (Å²) in [6.45, 7) is 3.72. The second kappa shape index (κ2) is 9.62. The molecule has 2 aromatic rings. The van der Waals surface area contributed by atoms with Gasteiger partial charge in [0.1, 0.15) is 5.65 Å². The van der Waals surface area contributed by atoms with E-state index in [4.69, 9.17) is 0 Å². The van der Waals surface area contributed by atoms with E-state index in [1.807, 2.05) is 19.9 Å². The van der Waals surface area contributed by atoms with Gasteiger partial charge in [-0.15, -0.1) is 0 Å². The van der Waals surface area contributed by atoms with Crippen LogP contribution in [0, 0.1) is 12.8 Å². The molecule has 146 valence electrons. The van der Waals surface area contributed by atoms with Crippen LogP contribution in [0.2, 0.25) is 0 Å². The van der Waals surface area contributed by atoms with E-state index in [0.717, 1.165) is 24.8 Å². The smallest absolute Gasteiger partial charge is 0.286 e. The van der Waals surface area contributed by atoms with Crippen molar-refractivity contribution in [2.75, 3.05) is 12.0 Å². The molecule has 0 saturated carbocycles. The summed E-state index contributed by atoms with van der Waals surface area (Å²) in [6.07, 6.45) is 5.03. The lowest BCUT2D eigenvalue weighted by atomic mass is 10.0. The third-order valence-electron chi connectivity index (χ3n) is 4.14. The Labute approximate surface area is 156 Å². The molecule has 0 saturated heterocycles. The lowest BCUT2D eigenvalue weighted by Gasteiger charge is -2.19. The molecule has 2 heterocycles. The minimum Gasteiger partial charge on any atom is -0.286 e. The van der Waals surface area contributed by atoms with Crippen LogP contribution in [0.15, 0.2) is 23.1 Å². The number of nitrogens with one attached hydrogen (secondary N) is 2. The van der Waals surface area contributed by atoms with E-state index in [1.54, 1.807) is 12.3 Å². The molecule has 0 fully saturated rings. The van der Waals surface area contributed by atoms with Crippen LogP contribution in [0.25, 0.3) is 5.65 Å². The van der Waals surface area contributed by atoms with Gasteiger partial charge in [0.15, 0.2) is 0 Å². The number of rotatable bonds is 10. The molecule has 0 radical (unpaired) electrons. The van der Waals surface area contributed by atoms with E-state index in [9.17, 15) is 19.6 Å². The zero-order valence-corrected chi connectivity index (χ0v) is 15.4. The fourth-order valence-corrected chi connectivity index (χ4v) is 2.67. The summed E-state index contributed by atoms with van der Waals surface area (Å²) in [7, 11) is 0. The molecular formula is C17H24N6O4. The van der Waals surface area contributed by atoms with Crippen molar-refractivity contribution in [3.8, 4) is 0 Å². The second-order valence-electron chi connectivity index (χ2n) is 6.25. The molecule has 0 aliphatic carbocycles. The Morgan fingerprint density at radius 2 is 2.19 bits per heavy atom. The quantitative estimate of drug-likeness (QED) is 0.243. The van der Waals surface area contributed by atoms with E-state index in [1.165, 1.54) is 4.40 Å². The molecule has 2 aromatic heterocycles. The fourth-order valence-electron chi connectivity index (χ4n) is 2.67. The van der Waals surface area contributed by atoms with Crippen LogP contribution < -0.4 is 16.5 Å². The van der Waals surface area contributed by atoms with Crippen molar-refractivity contribution < 1.29 is 14.8 Å². The van der Waals surface area contributed by atoms with Gasteiger partial charge in [-0.2, -0.15) is 9.97 Å². The first-order valence-electron chi connectivity index (χ1n) is 8.79. The van der Waals surface area contributed by atoms with Crippen molar-refractivity contribution >= 4 is 23.9 Å². The highest BCUT2D eigenvalue weighted by molar-refractivity contribution is 5.80. The predicted molar refractivity (Wildman–Crippen MR) is 97.9 cm³/mol. The van der Waals surface area contributed by atoms with Gasteiger partial charge >= 0.3 is 5.69 Å². The summed E-state index contributed by atoms with van der Waals surface area (Å²) in [6, 6.07) is 3.53. The van der Waals surface area contributed by atoms with Gasteiger partial charge in [-0.25, -0.2) is 9.86 Å². The zero-order valence-electron chi connectivity index (χ0n) is 15.4. The minimum atomic E-state index is -0.609. The van der Waals surface area contributed by atoms with Crippen LogP contribution in [0.5, 0.6) is 0 Å². The molecule has 1 atom stereocenters. The highest BCUT2D eigenvalue weighted by Gasteiger charge is 2.21. The molecule has 10 nitrogen and oxygen atoms in total. The van der Waals surface area contributed by atoms with Crippen molar-refractivity contribution in [3.63, 3.8) is 0 Å². The number of hydroxylamine groups is 2. The summed E-state index contributed by atoms with van der Waals surface area (Å²) >= 11 is 0. The van der Waals surface area contributed by atoms with Crippen LogP contribution in [0.3, 0.4) is 0 Å². The van der Waals surface area contributed by atoms with Gasteiger partial charge in [0.2, 0.25) is 18.3 Å². The first kappa shape index (κ1) is 20.3. The Kier molecular flexibility index (Phi) is 7.24. The average Bonchev–Trinajstić information content (AvgIpc) is 2.66. The molecule has 3 N–H and O–H groups in total. The Balaban J connectivity index is 2.09. The van der Waals surface area contributed by atoms with Gasteiger partial charge in [0, 0.05) is 6.20 Å². The molecule has 2 amide bonds. The summed E-state index contributed by atoms with van der Waals surface area (Å²) in [5.74, 6) is -1.07. The Bertz CT molecular complexity index is 853. The Morgan fingerprint density at radius 3 is 2.89 bits per heavy atom. The molecule has 1 unspecified atom stereocenters. The van der Waals surface area contributed by atoms with Crippen molar-refractivity contribution in [1.82, 2.24) is 24.9 Å². The molecular weight excluding hydrogens is 352 g/mol. The number of hydrogen-bond acceptors (Lipinski definition) is 7. The summed E-state index contributed by atoms with van der Waals surface area (Å²) < 4.78 is 1.31. The standard InChI is InChI=1S/C17H24N6O4/c1-3-4-5-8-13(10-22(27)11-24)15(25)20-21-16-18-14-12(2)7-6-9-23(14)17(26)19-16/h6-7,9,11,13,27H,3-5,8,10H2,1-2H3,(H,20,25)(H,19,21,26). The SMILES string of the molecule is CCCCCC(CN(O)C=O)C(=O)NNc1nc(=O)n2cccc(C)c2n1. The first-order valence-corrected chi connectivity index (χ1v) is 8.79. The minimum absolute atomic E-state index is 0.0359. The largest absolute Gasteiger partial charge is 0.356 e. The summed E-state index contributed by atoms with van der Waals surface area (Å²) in [4.78, 5) is 43.1. The van der Waals surface area contributed by atoms with E-state index in [0.29, 0.717) is 17.1 Å². The van der Waals surface area contributed by atoms with Crippen LogP contribution in [-0.4, -0.2) is 43.5 Å².